The first-order valence-electron chi connectivity index (χ1n) is 4.20. The van der Waals surface area contributed by atoms with E-state index in [1.165, 1.54) is 11.1 Å². The van der Waals surface area contributed by atoms with E-state index in [1.54, 1.807) is 0 Å². The Morgan fingerprint density at radius 2 is 2.17 bits per heavy atom. The number of benzene rings is 1. The normalized spacial score (nSPS) is 12.5. The molecule has 2 N–H and O–H groups in total. The Kier molecular flexibility index (Phi) is 3.06. The summed E-state index contributed by atoms with van der Waals surface area (Å²) >= 11 is 0. The maximum absolute atomic E-state index is 5.71. The number of hydrogen-bond donors (Lipinski definition) is 1. The zero-order valence-electron chi connectivity index (χ0n) is 7.46. The molecule has 0 fully saturated rings. The standard InChI is InChI=1S/C11H15N/c1-3-10-6-4-5-7-11(10)8-9(2)12/h3-7,9H,1,8,12H2,2H3/t9-/m1/s1. The Bertz CT molecular complexity index is 263. The third-order valence-electron chi connectivity index (χ3n) is 1.82. The molecule has 64 valence electrons. The third kappa shape index (κ3) is 2.21. The van der Waals surface area contributed by atoms with Crippen LogP contribution in [0.3, 0.4) is 0 Å². The summed E-state index contributed by atoms with van der Waals surface area (Å²) in [5.41, 5.74) is 8.18. The molecular formula is C11H15N. The lowest BCUT2D eigenvalue weighted by Gasteiger charge is -2.07. The molecule has 1 aromatic rings. The smallest absolute Gasteiger partial charge is 0.00511 e. The average molecular weight is 161 g/mol. The highest BCUT2D eigenvalue weighted by Gasteiger charge is 2.00. The van der Waals surface area contributed by atoms with Gasteiger partial charge in [-0.25, -0.2) is 0 Å². The minimum Gasteiger partial charge on any atom is -0.328 e. The summed E-state index contributed by atoms with van der Waals surface area (Å²) in [6.45, 7) is 5.77. The molecule has 12 heavy (non-hydrogen) atoms. The van der Waals surface area contributed by atoms with Gasteiger partial charge in [0, 0.05) is 6.04 Å². The second-order valence-electron chi connectivity index (χ2n) is 3.08. The van der Waals surface area contributed by atoms with Crippen molar-refractivity contribution in [1.29, 1.82) is 0 Å². The van der Waals surface area contributed by atoms with Gasteiger partial charge in [0.1, 0.15) is 0 Å². The minimum atomic E-state index is 0.214. The van der Waals surface area contributed by atoms with Gasteiger partial charge in [-0.1, -0.05) is 36.9 Å². The fourth-order valence-electron chi connectivity index (χ4n) is 1.27. The van der Waals surface area contributed by atoms with E-state index in [-0.39, 0.29) is 6.04 Å². The highest BCUT2D eigenvalue weighted by Crippen LogP contribution is 2.11. The van der Waals surface area contributed by atoms with Crippen LogP contribution in [-0.2, 0) is 6.42 Å². The predicted molar refractivity (Wildman–Crippen MR) is 53.9 cm³/mol. The van der Waals surface area contributed by atoms with Crippen molar-refractivity contribution in [2.75, 3.05) is 0 Å². The lowest BCUT2D eigenvalue weighted by atomic mass is 10.0. The molecule has 1 heteroatoms. The van der Waals surface area contributed by atoms with E-state index in [0.717, 1.165) is 6.42 Å². The zero-order chi connectivity index (χ0) is 8.97. The Morgan fingerprint density at radius 3 is 2.75 bits per heavy atom. The molecule has 0 unspecified atom stereocenters. The van der Waals surface area contributed by atoms with Crippen LogP contribution in [0.5, 0.6) is 0 Å². The van der Waals surface area contributed by atoms with Crippen molar-refractivity contribution in [3.8, 4) is 0 Å². The molecular weight excluding hydrogens is 146 g/mol. The number of nitrogens with two attached hydrogens (primary N) is 1. The van der Waals surface area contributed by atoms with Crippen molar-refractivity contribution < 1.29 is 0 Å². The molecule has 1 nitrogen and oxygen atoms in total. The fourth-order valence-corrected chi connectivity index (χ4v) is 1.27. The maximum atomic E-state index is 5.71. The van der Waals surface area contributed by atoms with Crippen LogP contribution in [-0.4, -0.2) is 6.04 Å². The Morgan fingerprint density at radius 1 is 1.50 bits per heavy atom. The molecule has 0 radical (unpaired) electrons. The molecule has 0 aliphatic heterocycles. The van der Waals surface area contributed by atoms with Crippen LogP contribution < -0.4 is 5.73 Å². The Balaban J connectivity index is 2.89. The Hall–Kier alpha value is -1.08. The molecule has 0 saturated heterocycles. The minimum absolute atomic E-state index is 0.214. The first-order valence-corrected chi connectivity index (χ1v) is 4.20. The maximum Gasteiger partial charge on any atom is 0.00511 e. The largest absolute Gasteiger partial charge is 0.328 e. The molecule has 1 atom stereocenters. The van der Waals surface area contributed by atoms with Gasteiger partial charge < -0.3 is 5.73 Å². The van der Waals surface area contributed by atoms with Gasteiger partial charge in [-0.3, -0.25) is 0 Å². The van der Waals surface area contributed by atoms with Gasteiger partial charge in [0.15, 0.2) is 0 Å². The second kappa shape index (κ2) is 4.07. The van der Waals surface area contributed by atoms with E-state index < -0.39 is 0 Å². The molecule has 0 aliphatic carbocycles. The molecule has 0 amide bonds. The first kappa shape index (κ1) is 9.01. The highest BCUT2D eigenvalue weighted by molar-refractivity contribution is 5.51. The summed E-state index contributed by atoms with van der Waals surface area (Å²) in [6, 6.07) is 8.42. The zero-order valence-corrected chi connectivity index (χ0v) is 7.46. The van der Waals surface area contributed by atoms with Gasteiger partial charge in [-0.2, -0.15) is 0 Å². The second-order valence-corrected chi connectivity index (χ2v) is 3.08. The van der Waals surface area contributed by atoms with Gasteiger partial charge in [0.25, 0.3) is 0 Å². The van der Waals surface area contributed by atoms with E-state index in [1.807, 2.05) is 25.1 Å². The van der Waals surface area contributed by atoms with E-state index in [2.05, 4.69) is 18.7 Å². The first-order chi connectivity index (χ1) is 5.74. The van der Waals surface area contributed by atoms with Crippen LogP contribution in [0.15, 0.2) is 30.8 Å². The van der Waals surface area contributed by atoms with Gasteiger partial charge >= 0.3 is 0 Å². The van der Waals surface area contributed by atoms with Crippen LogP contribution in [0, 0.1) is 0 Å². The summed E-state index contributed by atoms with van der Waals surface area (Å²) < 4.78 is 0. The van der Waals surface area contributed by atoms with Gasteiger partial charge in [0.2, 0.25) is 0 Å². The molecule has 0 bridgehead atoms. The third-order valence-corrected chi connectivity index (χ3v) is 1.82. The van der Waals surface area contributed by atoms with E-state index in [4.69, 9.17) is 5.73 Å². The van der Waals surface area contributed by atoms with Crippen LogP contribution in [0.1, 0.15) is 18.1 Å². The van der Waals surface area contributed by atoms with Gasteiger partial charge in [-0.15, -0.1) is 0 Å². The van der Waals surface area contributed by atoms with E-state index in [9.17, 15) is 0 Å². The highest BCUT2D eigenvalue weighted by atomic mass is 14.6. The van der Waals surface area contributed by atoms with Crippen LogP contribution >= 0.6 is 0 Å². The summed E-state index contributed by atoms with van der Waals surface area (Å²) in [5, 5.41) is 0. The number of rotatable bonds is 3. The lowest BCUT2D eigenvalue weighted by Crippen LogP contribution is -2.18. The van der Waals surface area contributed by atoms with Crippen molar-refractivity contribution in [2.45, 2.75) is 19.4 Å². The average Bonchev–Trinajstić information content (AvgIpc) is 2.04. The molecule has 0 spiro atoms. The van der Waals surface area contributed by atoms with Crippen molar-refractivity contribution in [3.05, 3.63) is 42.0 Å². The van der Waals surface area contributed by atoms with Crippen molar-refractivity contribution in [3.63, 3.8) is 0 Å². The molecule has 0 heterocycles. The van der Waals surface area contributed by atoms with Crippen molar-refractivity contribution in [1.82, 2.24) is 0 Å². The molecule has 1 aromatic carbocycles. The summed E-state index contributed by atoms with van der Waals surface area (Å²) in [7, 11) is 0. The summed E-state index contributed by atoms with van der Waals surface area (Å²) in [6.07, 6.45) is 2.79. The van der Waals surface area contributed by atoms with Crippen LogP contribution in [0.4, 0.5) is 0 Å². The molecule has 1 rings (SSSR count). The molecule has 0 aliphatic rings. The van der Waals surface area contributed by atoms with Crippen LogP contribution in [0.25, 0.3) is 6.08 Å². The lowest BCUT2D eigenvalue weighted by molar-refractivity contribution is 0.737. The summed E-state index contributed by atoms with van der Waals surface area (Å²) in [4.78, 5) is 0. The quantitative estimate of drug-likeness (QED) is 0.722. The van der Waals surface area contributed by atoms with Gasteiger partial charge in [0.05, 0.1) is 0 Å². The van der Waals surface area contributed by atoms with Crippen molar-refractivity contribution >= 4 is 6.08 Å². The predicted octanol–water partition coefficient (Wildman–Crippen LogP) is 2.22. The monoisotopic (exact) mass is 161 g/mol. The summed E-state index contributed by atoms with van der Waals surface area (Å²) in [5.74, 6) is 0. The SMILES string of the molecule is C=Cc1ccccc1C[C@@H](C)N. The van der Waals surface area contributed by atoms with E-state index >= 15 is 0 Å². The van der Waals surface area contributed by atoms with E-state index in [0.29, 0.717) is 0 Å². The Labute approximate surface area is 73.9 Å². The van der Waals surface area contributed by atoms with Crippen molar-refractivity contribution in [2.24, 2.45) is 5.73 Å². The molecule has 0 aromatic heterocycles. The van der Waals surface area contributed by atoms with Gasteiger partial charge in [-0.05, 0) is 24.5 Å². The molecule has 0 saturated carbocycles. The number of hydrogen-bond acceptors (Lipinski definition) is 1. The fraction of sp³-hybridized carbons (Fsp3) is 0.273. The van der Waals surface area contributed by atoms with Crippen LogP contribution in [0.2, 0.25) is 0 Å². The topological polar surface area (TPSA) is 26.0 Å².